The number of carbonyl (C=O) groups is 1. The van der Waals surface area contributed by atoms with Crippen molar-refractivity contribution < 1.29 is 9.53 Å². The van der Waals surface area contributed by atoms with Gasteiger partial charge in [0.25, 0.3) is 0 Å². The molecule has 5 nitrogen and oxygen atoms in total. The zero-order chi connectivity index (χ0) is 16.8. The lowest BCUT2D eigenvalue weighted by Crippen LogP contribution is -2.14. The Kier molecular flexibility index (Phi) is 4.81. The first-order valence-electron chi connectivity index (χ1n) is 7.61. The molecule has 0 atom stereocenters. The lowest BCUT2D eigenvalue weighted by Gasteiger charge is -2.07. The van der Waals surface area contributed by atoms with Crippen LogP contribution in [0.2, 0.25) is 0 Å². The summed E-state index contributed by atoms with van der Waals surface area (Å²) in [5, 5.41) is 10.8. The Morgan fingerprint density at radius 3 is 2.38 bits per heavy atom. The van der Waals surface area contributed by atoms with Gasteiger partial charge in [-0.25, -0.2) is 0 Å². The highest BCUT2D eigenvalue weighted by atomic mass is 16.5. The highest BCUT2D eigenvalue weighted by Crippen LogP contribution is 2.21. The smallest absolute Gasteiger partial charge is 0.238 e. The van der Waals surface area contributed by atoms with Crippen LogP contribution in [0.4, 0.5) is 5.69 Å². The molecule has 0 aliphatic carbocycles. The fourth-order valence-electron chi connectivity index (χ4n) is 2.15. The summed E-state index contributed by atoms with van der Waals surface area (Å²) in [6, 6.07) is 20.4. The van der Waals surface area contributed by atoms with Crippen molar-refractivity contribution in [2.45, 2.75) is 13.3 Å². The number of ether oxygens (including phenoxy) is 1. The van der Waals surface area contributed by atoms with E-state index in [1.807, 2.05) is 43.3 Å². The zero-order valence-corrected chi connectivity index (χ0v) is 13.3. The molecule has 2 aromatic carbocycles. The second kappa shape index (κ2) is 7.37. The first-order chi connectivity index (χ1) is 11.7. The van der Waals surface area contributed by atoms with Crippen LogP contribution in [0.5, 0.6) is 11.6 Å². The summed E-state index contributed by atoms with van der Waals surface area (Å²) >= 11 is 0. The van der Waals surface area contributed by atoms with Gasteiger partial charge in [-0.2, -0.15) is 5.10 Å². The summed E-state index contributed by atoms with van der Waals surface area (Å²) < 4.78 is 5.60. The van der Waals surface area contributed by atoms with Gasteiger partial charge in [0.15, 0.2) is 0 Å². The van der Waals surface area contributed by atoms with Gasteiger partial charge in [-0.1, -0.05) is 30.3 Å². The van der Waals surface area contributed by atoms with Crippen LogP contribution in [0.1, 0.15) is 11.3 Å². The van der Waals surface area contributed by atoms with E-state index < -0.39 is 0 Å². The van der Waals surface area contributed by atoms with Crippen molar-refractivity contribution in [1.82, 2.24) is 10.2 Å². The Morgan fingerprint density at radius 1 is 0.958 bits per heavy atom. The molecule has 1 aromatic heterocycles. The molecule has 120 valence electrons. The number of nitrogens with zero attached hydrogens (tertiary/aromatic N) is 2. The van der Waals surface area contributed by atoms with Crippen LogP contribution in [-0.2, 0) is 11.2 Å². The van der Waals surface area contributed by atoms with E-state index in [0.717, 1.165) is 16.9 Å². The standard InChI is InChI=1S/C19H17N3O2/c1-14-7-12-19(22-21-14)24-17-10-8-16(9-11-17)20-18(23)13-15-5-3-2-4-6-15/h2-12H,13H2,1H3,(H,20,23). The summed E-state index contributed by atoms with van der Waals surface area (Å²) in [5.74, 6) is 1.01. The van der Waals surface area contributed by atoms with Crippen LogP contribution in [0.25, 0.3) is 0 Å². The molecule has 0 bridgehead atoms. The Hall–Kier alpha value is -3.21. The van der Waals surface area contributed by atoms with E-state index >= 15 is 0 Å². The van der Waals surface area contributed by atoms with E-state index in [2.05, 4.69) is 15.5 Å². The molecule has 1 amide bonds. The van der Waals surface area contributed by atoms with Crippen molar-refractivity contribution in [3.63, 3.8) is 0 Å². The van der Waals surface area contributed by atoms with Crippen LogP contribution >= 0.6 is 0 Å². The molecule has 1 N–H and O–H groups in total. The van der Waals surface area contributed by atoms with E-state index in [1.165, 1.54) is 0 Å². The molecule has 0 radical (unpaired) electrons. The highest BCUT2D eigenvalue weighted by molar-refractivity contribution is 5.92. The number of benzene rings is 2. The van der Waals surface area contributed by atoms with Crippen molar-refractivity contribution in [3.8, 4) is 11.6 Å². The molecule has 3 aromatic rings. The molecule has 0 aliphatic rings. The monoisotopic (exact) mass is 319 g/mol. The minimum Gasteiger partial charge on any atom is -0.438 e. The van der Waals surface area contributed by atoms with Crippen molar-refractivity contribution in [3.05, 3.63) is 78.0 Å². The summed E-state index contributed by atoms with van der Waals surface area (Å²) in [4.78, 5) is 12.0. The minimum absolute atomic E-state index is 0.0562. The lowest BCUT2D eigenvalue weighted by atomic mass is 10.1. The second-order valence-electron chi connectivity index (χ2n) is 5.35. The van der Waals surface area contributed by atoms with Gasteiger partial charge < -0.3 is 10.1 Å². The van der Waals surface area contributed by atoms with Gasteiger partial charge in [0, 0.05) is 11.8 Å². The van der Waals surface area contributed by atoms with Crippen molar-refractivity contribution in [2.24, 2.45) is 0 Å². The van der Waals surface area contributed by atoms with E-state index in [9.17, 15) is 4.79 Å². The van der Waals surface area contributed by atoms with E-state index in [4.69, 9.17) is 4.74 Å². The third kappa shape index (κ3) is 4.39. The molecule has 0 spiro atoms. The predicted octanol–water partition coefficient (Wildman–Crippen LogP) is 3.76. The van der Waals surface area contributed by atoms with Gasteiger partial charge in [0.05, 0.1) is 12.1 Å². The predicted molar refractivity (Wildman–Crippen MR) is 92.1 cm³/mol. The molecule has 0 saturated heterocycles. The first kappa shape index (κ1) is 15.7. The van der Waals surface area contributed by atoms with Gasteiger partial charge in [-0.3, -0.25) is 4.79 Å². The van der Waals surface area contributed by atoms with Gasteiger partial charge in [-0.05, 0) is 42.8 Å². The maximum atomic E-state index is 12.0. The third-order valence-corrected chi connectivity index (χ3v) is 3.34. The SMILES string of the molecule is Cc1ccc(Oc2ccc(NC(=O)Cc3ccccc3)cc2)nn1. The summed E-state index contributed by atoms with van der Waals surface area (Å²) in [6.07, 6.45) is 0.345. The molecule has 0 saturated carbocycles. The lowest BCUT2D eigenvalue weighted by molar-refractivity contribution is -0.115. The molecular weight excluding hydrogens is 302 g/mol. The third-order valence-electron chi connectivity index (χ3n) is 3.34. The van der Waals surface area contributed by atoms with Gasteiger partial charge in [0.2, 0.25) is 11.8 Å². The van der Waals surface area contributed by atoms with Crippen LogP contribution in [0, 0.1) is 6.92 Å². The highest BCUT2D eigenvalue weighted by Gasteiger charge is 2.05. The average molecular weight is 319 g/mol. The maximum Gasteiger partial charge on any atom is 0.238 e. The van der Waals surface area contributed by atoms with Crippen LogP contribution in [0.15, 0.2) is 66.7 Å². The Balaban J connectivity index is 1.58. The number of anilines is 1. The topological polar surface area (TPSA) is 64.1 Å². The molecule has 5 heteroatoms. The number of hydrogen-bond donors (Lipinski definition) is 1. The number of aromatic nitrogens is 2. The van der Waals surface area contributed by atoms with E-state index in [-0.39, 0.29) is 5.91 Å². The second-order valence-corrected chi connectivity index (χ2v) is 5.35. The average Bonchev–Trinajstić information content (AvgIpc) is 2.59. The van der Waals surface area contributed by atoms with Crippen molar-refractivity contribution >= 4 is 11.6 Å². The van der Waals surface area contributed by atoms with E-state index in [1.54, 1.807) is 30.3 Å². The molecule has 0 unspecified atom stereocenters. The van der Waals surface area contributed by atoms with Crippen LogP contribution < -0.4 is 10.1 Å². The van der Waals surface area contributed by atoms with Gasteiger partial charge in [0.1, 0.15) is 5.75 Å². The first-order valence-corrected chi connectivity index (χ1v) is 7.61. The van der Waals surface area contributed by atoms with Crippen LogP contribution in [0.3, 0.4) is 0 Å². The quantitative estimate of drug-likeness (QED) is 0.778. The fourth-order valence-corrected chi connectivity index (χ4v) is 2.15. The van der Waals surface area contributed by atoms with Gasteiger partial charge in [-0.15, -0.1) is 5.10 Å². The van der Waals surface area contributed by atoms with Gasteiger partial charge >= 0.3 is 0 Å². The Bertz CT molecular complexity index is 800. The van der Waals surface area contributed by atoms with Crippen molar-refractivity contribution in [2.75, 3.05) is 5.32 Å². The molecule has 24 heavy (non-hydrogen) atoms. The molecule has 3 rings (SSSR count). The molecule has 0 aliphatic heterocycles. The Labute approximate surface area is 140 Å². The normalized spacial score (nSPS) is 10.2. The zero-order valence-electron chi connectivity index (χ0n) is 13.3. The summed E-state index contributed by atoms with van der Waals surface area (Å²) in [6.45, 7) is 1.86. The number of amides is 1. The Morgan fingerprint density at radius 2 is 1.71 bits per heavy atom. The molecule has 0 fully saturated rings. The largest absolute Gasteiger partial charge is 0.438 e. The fraction of sp³-hybridized carbons (Fsp3) is 0.105. The number of hydrogen-bond acceptors (Lipinski definition) is 4. The molecule has 1 heterocycles. The van der Waals surface area contributed by atoms with E-state index in [0.29, 0.717) is 18.1 Å². The summed E-state index contributed by atoms with van der Waals surface area (Å²) in [7, 11) is 0. The molecular formula is C19H17N3O2. The maximum absolute atomic E-state index is 12.0. The number of aryl methyl sites for hydroxylation is 1. The number of carbonyl (C=O) groups excluding carboxylic acids is 1. The minimum atomic E-state index is -0.0562. The van der Waals surface area contributed by atoms with Crippen molar-refractivity contribution in [1.29, 1.82) is 0 Å². The number of nitrogens with one attached hydrogen (secondary N) is 1. The van der Waals surface area contributed by atoms with Crippen LogP contribution in [-0.4, -0.2) is 16.1 Å². The summed E-state index contributed by atoms with van der Waals surface area (Å²) in [5.41, 5.74) is 2.53. The number of rotatable bonds is 5.